The molecular weight excluding hydrogens is 278 g/mol. The first kappa shape index (κ1) is 18.2. The second kappa shape index (κ2) is 12.8. The average Bonchev–Trinajstić information content (AvgIpc) is 2.92. The molecule has 0 aromatic carbocycles. The van der Waals surface area contributed by atoms with Crippen LogP contribution in [0.15, 0.2) is 0 Å². The SMILES string of the molecule is CCCCOCCOCCOCCN1CCCC1CCl. The molecule has 0 aromatic heterocycles. The Kier molecular flexibility index (Phi) is 11.7. The van der Waals surface area contributed by atoms with E-state index in [1.54, 1.807) is 0 Å². The second-order valence-electron chi connectivity index (χ2n) is 5.18. The second-order valence-corrected chi connectivity index (χ2v) is 5.49. The average molecular weight is 308 g/mol. The van der Waals surface area contributed by atoms with Gasteiger partial charge in [0, 0.05) is 25.1 Å². The minimum Gasteiger partial charge on any atom is -0.379 e. The van der Waals surface area contributed by atoms with Gasteiger partial charge in [0.15, 0.2) is 0 Å². The summed E-state index contributed by atoms with van der Waals surface area (Å²) in [5, 5.41) is 0. The van der Waals surface area contributed by atoms with Crippen molar-refractivity contribution < 1.29 is 14.2 Å². The van der Waals surface area contributed by atoms with Gasteiger partial charge in [0.25, 0.3) is 0 Å². The van der Waals surface area contributed by atoms with Crippen LogP contribution in [0.2, 0.25) is 0 Å². The van der Waals surface area contributed by atoms with E-state index in [0.717, 1.165) is 38.6 Å². The summed E-state index contributed by atoms with van der Waals surface area (Å²) in [5.41, 5.74) is 0. The van der Waals surface area contributed by atoms with Gasteiger partial charge in [0.05, 0.1) is 33.0 Å². The van der Waals surface area contributed by atoms with E-state index in [9.17, 15) is 0 Å². The molecular formula is C15H30ClNO3. The van der Waals surface area contributed by atoms with Crippen LogP contribution in [-0.2, 0) is 14.2 Å². The molecule has 1 unspecified atom stereocenters. The third-order valence-corrected chi connectivity index (χ3v) is 3.94. The molecule has 1 heterocycles. The van der Waals surface area contributed by atoms with Gasteiger partial charge in [0.2, 0.25) is 0 Å². The Labute approximate surface area is 128 Å². The number of unbranched alkanes of at least 4 members (excludes halogenated alkanes) is 1. The van der Waals surface area contributed by atoms with E-state index in [2.05, 4.69) is 11.8 Å². The molecule has 5 heteroatoms. The standard InChI is InChI=1S/C15H30ClNO3/c1-2-3-8-18-10-12-20-13-11-19-9-7-17-6-4-5-15(17)14-16/h15H,2-14H2,1H3. The summed E-state index contributed by atoms with van der Waals surface area (Å²) in [6.07, 6.45) is 4.79. The fourth-order valence-corrected chi connectivity index (χ4v) is 2.68. The summed E-state index contributed by atoms with van der Waals surface area (Å²) in [7, 11) is 0. The maximum Gasteiger partial charge on any atom is 0.0701 e. The Morgan fingerprint density at radius 1 is 1.00 bits per heavy atom. The molecule has 1 atom stereocenters. The summed E-state index contributed by atoms with van der Waals surface area (Å²) >= 11 is 5.93. The lowest BCUT2D eigenvalue weighted by Crippen LogP contribution is -2.33. The zero-order valence-electron chi connectivity index (χ0n) is 12.8. The normalized spacial score (nSPS) is 19.8. The predicted octanol–water partition coefficient (Wildman–Crippen LogP) is 2.54. The Bertz CT molecular complexity index is 219. The molecule has 0 radical (unpaired) electrons. The van der Waals surface area contributed by atoms with Crippen molar-refractivity contribution >= 4 is 11.6 Å². The quantitative estimate of drug-likeness (QED) is 0.386. The van der Waals surface area contributed by atoms with Gasteiger partial charge in [-0.15, -0.1) is 11.6 Å². The number of ether oxygens (including phenoxy) is 3. The molecule has 1 aliphatic heterocycles. The number of halogens is 1. The maximum atomic E-state index is 5.93. The Hall–Kier alpha value is 0.130. The zero-order chi connectivity index (χ0) is 14.5. The molecule has 0 aromatic rings. The number of alkyl halides is 1. The van der Waals surface area contributed by atoms with Crippen LogP contribution in [0.4, 0.5) is 0 Å². The van der Waals surface area contributed by atoms with Crippen LogP contribution < -0.4 is 0 Å². The third kappa shape index (κ3) is 8.42. The van der Waals surface area contributed by atoms with Crippen molar-refractivity contribution in [2.24, 2.45) is 0 Å². The number of hydrogen-bond donors (Lipinski definition) is 0. The van der Waals surface area contributed by atoms with Gasteiger partial charge < -0.3 is 14.2 Å². The topological polar surface area (TPSA) is 30.9 Å². The molecule has 4 nitrogen and oxygen atoms in total. The summed E-state index contributed by atoms with van der Waals surface area (Å²) < 4.78 is 16.4. The van der Waals surface area contributed by atoms with Crippen LogP contribution in [0, 0.1) is 0 Å². The molecule has 20 heavy (non-hydrogen) atoms. The van der Waals surface area contributed by atoms with Crippen molar-refractivity contribution in [3.63, 3.8) is 0 Å². The molecule has 1 rings (SSSR count). The van der Waals surface area contributed by atoms with Crippen LogP contribution in [0.3, 0.4) is 0 Å². The van der Waals surface area contributed by atoms with Crippen LogP contribution in [0.25, 0.3) is 0 Å². The lowest BCUT2D eigenvalue weighted by Gasteiger charge is -2.22. The van der Waals surface area contributed by atoms with Gasteiger partial charge in [-0.25, -0.2) is 0 Å². The number of nitrogens with zero attached hydrogens (tertiary/aromatic N) is 1. The molecule has 0 saturated carbocycles. The highest BCUT2D eigenvalue weighted by atomic mass is 35.5. The third-order valence-electron chi connectivity index (χ3n) is 3.59. The lowest BCUT2D eigenvalue weighted by atomic mass is 10.2. The van der Waals surface area contributed by atoms with Gasteiger partial charge in [-0.3, -0.25) is 4.90 Å². The number of hydrogen-bond acceptors (Lipinski definition) is 4. The molecule has 0 spiro atoms. The first-order chi connectivity index (χ1) is 9.88. The van der Waals surface area contributed by atoms with Crippen molar-refractivity contribution in [2.45, 2.75) is 38.6 Å². The fourth-order valence-electron chi connectivity index (χ4n) is 2.33. The van der Waals surface area contributed by atoms with Crippen molar-refractivity contribution in [1.29, 1.82) is 0 Å². The van der Waals surface area contributed by atoms with Crippen LogP contribution >= 0.6 is 11.6 Å². The van der Waals surface area contributed by atoms with E-state index < -0.39 is 0 Å². The first-order valence-corrected chi connectivity index (χ1v) is 8.45. The first-order valence-electron chi connectivity index (χ1n) is 7.91. The highest BCUT2D eigenvalue weighted by Crippen LogP contribution is 2.17. The van der Waals surface area contributed by atoms with E-state index in [-0.39, 0.29) is 0 Å². The Morgan fingerprint density at radius 2 is 1.65 bits per heavy atom. The van der Waals surface area contributed by atoms with Gasteiger partial charge >= 0.3 is 0 Å². The largest absolute Gasteiger partial charge is 0.379 e. The van der Waals surface area contributed by atoms with Gasteiger partial charge in [-0.2, -0.15) is 0 Å². The monoisotopic (exact) mass is 307 g/mol. The van der Waals surface area contributed by atoms with Gasteiger partial charge in [-0.05, 0) is 25.8 Å². The summed E-state index contributed by atoms with van der Waals surface area (Å²) in [4.78, 5) is 2.43. The summed E-state index contributed by atoms with van der Waals surface area (Å²) in [6.45, 7) is 8.57. The molecule has 1 aliphatic rings. The van der Waals surface area contributed by atoms with Gasteiger partial charge in [0.1, 0.15) is 0 Å². The van der Waals surface area contributed by atoms with Crippen molar-refractivity contribution in [3.05, 3.63) is 0 Å². The zero-order valence-corrected chi connectivity index (χ0v) is 13.6. The molecule has 0 N–H and O–H groups in total. The van der Waals surface area contributed by atoms with E-state index in [1.165, 1.54) is 19.3 Å². The summed E-state index contributed by atoms with van der Waals surface area (Å²) in [6, 6.07) is 0.553. The van der Waals surface area contributed by atoms with Crippen molar-refractivity contribution in [3.8, 4) is 0 Å². The Morgan fingerprint density at radius 3 is 2.30 bits per heavy atom. The van der Waals surface area contributed by atoms with Crippen LogP contribution in [0.5, 0.6) is 0 Å². The smallest absolute Gasteiger partial charge is 0.0701 e. The number of likely N-dealkylation sites (tertiary alicyclic amines) is 1. The minimum atomic E-state index is 0.553. The molecule has 1 saturated heterocycles. The molecule has 0 aliphatic carbocycles. The molecule has 120 valence electrons. The number of rotatable bonds is 13. The van der Waals surface area contributed by atoms with Crippen LogP contribution in [0.1, 0.15) is 32.6 Å². The molecule has 0 bridgehead atoms. The van der Waals surface area contributed by atoms with E-state index in [1.807, 2.05) is 0 Å². The lowest BCUT2D eigenvalue weighted by molar-refractivity contribution is 0.00993. The Balaban J connectivity index is 1.78. The molecule has 0 amide bonds. The van der Waals surface area contributed by atoms with Crippen molar-refractivity contribution in [1.82, 2.24) is 4.90 Å². The highest BCUT2D eigenvalue weighted by molar-refractivity contribution is 6.18. The maximum absolute atomic E-state index is 5.93. The molecule has 1 fully saturated rings. The van der Waals surface area contributed by atoms with Crippen LogP contribution in [-0.4, -0.2) is 69.6 Å². The minimum absolute atomic E-state index is 0.553. The van der Waals surface area contributed by atoms with E-state index in [4.69, 9.17) is 25.8 Å². The van der Waals surface area contributed by atoms with Crippen molar-refractivity contribution in [2.75, 3.05) is 58.6 Å². The van der Waals surface area contributed by atoms with E-state index in [0.29, 0.717) is 32.5 Å². The van der Waals surface area contributed by atoms with E-state index >= 15 is 0 Å². The highest BCUT2D eigenvalue weighted by Gasteiger charge is 2.22. The summed E-state index contributed by atoms with van der Waals surface area (Å²) in [5.74, 6) is 0.737. The van der Waals surface area contributed by atoms with Gasteiger partial charge in [-0.1, -0.05) is 13.3 Å². The fraction of sp³-hybridized carbons (Fsp3) is 1.00. The predicted molar refractivity (Wildman–Crippen MR) is 82.7 cm³/mol.